The number of nitrogens with one attached hydrogen (secondary N) is 1. The summed E-state index contributed by atoms with van der Waals surface area (Å²) in [5.74, 6) is -2.41. The van der Waals surface area contributed by atoms with Gasteiger partial charge in [0.25, 0.3) is 11.8 Å². The van der Waals surface area contributed by atoms with Gasteiger partial charge in [0, 0.05) is 11.1 Å². The number of aryl methyl sites for hydroxylation is 1. The first-order valence-electron chi connectivity index (χ1n) is 7.84. The Morgan fingerprint density at radius 3 is 2.54 bits per heavy atom. The molecule has 1 saturated heterocycles. The lowest BCUT2D eigenvalue weighted by Gasteiger charge is -2.26. The molecule has 0 spiro atoms. The number of rotatable bonds is 3. The van der Waals surface area contributed by atoms with Crippen LogP contribution in [0.5, 0.6) is 5.75 Å². The van der Waals surface area contributed by atoms with Crippen LogP contribution in [0.1, 0.15) is 11.1 Å². The highest BCUT2D eigenvalue weighted by Gasteiger charge is 2.37. The third-order valence-corrected chi connectivity index (χ3v) is 4.43. The molecule has 2 aromatic rings. The standard InChI is InChI=1S/C18H12ClN3O6/c1-9-2-4-11(8-13(9)19)21-17(25)12(16(24)20-18(21)26)6-10-3-5-15(23)14(7-10)22(27)28/h2-8,23H,1H3,(H,20,24,26)/b12-6+. The smallest absolute Gasteiger partial charge is 0.335 e. The fourth-order valence-corrected chi connectivity index (χ4v) is 2.73. The maximum atomic E-state index is 12.8. The second-order valence-electron chi connectivity index (χ2n) is 5.90. The largest absolute Gasteiger partial charge is 0.502 e. The highest BCUT2D eigenvalue weighted by Crippen LogP contribution is 2.29. The predicted molar refractivity (Wildman–Crippen MR) is 100.0 cm³/mol. The van der Waals surface area contributed by atoms with Crippen LogP contribution in [-0.2, 0) is 9.59 Å². The van der Waals surface area contributed by atoms with E-state index in [1.807, 2.05) is 5.32 Å². The number of phenols is 1. The molecule has 0 unspecified atom stereocenters. The number of urea groups is 1. The number of anilines is 1. The zero-order chi connectivity index (χ0) is 20.6. The van der Waals surface area contributed by atoms with Crippen LogP contribution in [0, 0.1) is 17.0 Å². The first-order valence-corrected chi connectivity index (χ1v) is 8.22. The van der Waals surface area contributed by atoms with Crippen molar-refractivity contribution in [2.24, 2.45) is 0 Å². The van der Waals surface area contributed by atoms with Crippen molar-refractivity contribution in [3.63, 3.8) is 0 Å². The van der Waals surface area contributed by atoms with Gasteiger partial charge in [0.15, 0.2) is 5.75 Å². The molecule has 2 aromatic carbocycles. The van der Waals surface area contributed by atoms with Crippen molar-refractivity contribution in [1.82, 2.24) is 5.32 Å². The van der Waals surface area contributed by atoms with E-state index in [4.69, 9.17) is 11.6 Å². The maximum Gasteiger partial charge on any atom is 0.335 e. The van der Waals surface area contributed by atoms with E-state index in [1.54, 1.807) is 13.0 Å². The summed E-state index contributed by atoms with van der Waals surface area (Å²) in [6.45, 7) is 1.75. The minimum atomic E-state index is -0.944. The van der Waals surface area contributed by atoms with Crippen molar-refractivity contribution in [2.45, 2.75) is 6.92 Å². The number of aromatic hydroxyl groups is 1. The Morgan fingerprint density at radius 2 is 1.89 bits per heavy atom. The van der Waals surface area contributed by atoms with E-state index in [9.17, 15) is 29.6 Å². The summed E-state index contributed by atoms with van der Waals surface area (Å²) in [7, 11) is 0. The monoisotopic (exact) mass is 401 g/mol. The zero-order valence-electron chi connectivity index (χ0n) is 14.3. The van der Waals surface area contributed by atoms with E-state index in [0.29, 0.717) is 5.02 Å². The Labute approximate surface area is 163 Å². The van der Waals surface area contributed by atoms with Crippen LogP contribution in [0.2, 0.25) is 5.02 Å². The van der Waals surface area contributed by atoms with Crippen LogP contribution < -0.4 is 10.2 Å². The Morgan fingerprint density at radius 1 is 1.18 bits per heavy atom. The average molecular weight is 402 g/mol. The molecule has 0 aromatic heterocycles. The number of halogens is 1. The molecule has 3 rings (SSSR count). The molecule has 142 valence electrons. The number of hydrogen-bond acceptors (Lipinski definition) is 6. The lowest BCUT2D eigenvalue weighted by Crippen LogP contribution is -2.54. The van der Waals surface area contributed by atoms with E-state index < -0.39 is 39.8 Å². The Hall–Kier alpha value is -3.72. The molecule has 10 heteroatoms. The number of carbonyl (C=O) groups is 3. The number of imide groups is 2. The van der Waals surface area contributed by atoms with Crippen molar-refractivity contribution < 1.29 is 24.4 Å². The number of carbonyl (C=O) groups excluding carboxylic acids is 3. The van der Waals surface area contributed by atoms with Gasteiger partial charge in [-0.1, -0.05) is 23.7 Å². The van der Waals surface area contributed by atoms with Crippen LogP contribution >= 0.6 is 11.6 Å². The molecule has 0 bridgehead atoms. The lowest BCUT2D eigenvalue weighted by molar-refractivity contribution is -0.385. The van der Waals surface area contributed by atoms with Gasteiger partial charge in [0.1, 0.15) is 5.57 Å². The Balaban J connectivity index is 2.05. The minimum absolute atomic E-state index is 0.124. The molecule has 28 heavy (non-hydrogen) atoms. The SMILES string of the molecule is Cc1ccc(N2C(=O)NC(=O)/C(=C\c3ccc(O)c([N+](=O)[O-])c3)C2=O)cc1Cl. The van der Waals surface area contributed by atoms with Gasteiger partial charge in [-0.3, -0.25) is 25.0 Å². The Bertz CT molecular complexity index is 1080. The summed E-state index contributed by atoms with van der Waals surface area (Å²) in [6, 6.07) is 6.94. The topological polar surface area (TPSA) is 130 Å². The van der Waals surface area contributed by atoms with Crippen molar-refractivity contribution in [3.8, 4) is 5.75 Å². The third kappa shape index (κ3) is 3.42. The average Bonchev–Trinajstić information content (AvgIpc) is 2.62. The first-order chi connectivity index (χ1) is 13.2. The number of nitro benzene ring substituents is 1. The number of nitro groups is 1. The summed E-state index contributed by atoms with van der Waals surface area (Å²) in [6.07, 6.45) is 1.10. The summed E-state index contributed by atoms with van der Waals surface area (Å²) in [4.78, 5) is 48.0. The third-order valence-electron chi connectivity index (χ3n) is 4.02. The fraction of sp³-hybridized carbons (Fsp3) is 0.0556. The maximum absolute atomic E-state index is 12.8. The molecule has 0 radical (unpaired) electrons. The number of nitrogens with zero attached hydrogens (tertiary/aromatic N) is 2. The van der Waals surface area contributed by atoms with Gasteiger partial charge in [-0.15, -0.1) is 0 Å². The van der Waals surface area contributed by atoms with Gasteiger partial charge < -0.3 is 5.11 Å². The Kier molecular flexibility index (Phi) is 4.85. The van der Waals surface area contributed by atoms with Crippen molar-refractivity contribution >= 4 is 46.9 Å². The van der Waals surface area contributed by atoms with Crippen molar-refractivity contribution in [2.75, 3.05) is 4.90 Å². The second kappa shape index (κ2) is 7.12. The molecule has 9 nitrogen and oxygen atoms in total. The highest BCUT2D eigenvalue weighted by atomic mass is 35.5. The quantitative estimate of drug-likeness (QED) is 0.352. The molecule has 4 amide bonds. The predicted octanol–water partition coefficient (Wildman–Crippen LogP) is 2.93. The first kappa shape index (κ1) is 19.1. The van der Waals surface area contributed by atoms with Gasteiger partial charge in [0.05, 0.1) is 10.6 Å². The van der Waals surface area contributed by atoms with Gasteiger partial charge >= 0.3 is 11.7 Å². The number of benzene rings is 2. The normalized spacial score (nSPS) is 15.7. The summed E-state index contributed by atoms with van der Waals surface area (Å²) < 4.78 is 0. The highest BCUT2D eigenvalue weighted by molar-refractivity contribution is 6.39. The molecule has 1 fully saturated rings. The molecule has 1 heterocycles. The zero-order valence-corrected chi connectivity index (χ0v) is 15.1. The van der Waals surface area contributed by atoms with E-state index in [2.05, 4.69) is 0 Å². The molecule has 0 saturated carbocycles. The summed E-state index contributed by atoms with van der Waals surface area (Å²) in [5.41, 5.74) is 0.0264. The number of hydrogen-bond donors (Lipinski definition) is 2. The second-order valence-corrected chi connectivity index (χ2v) is 6.30. The van der Waals surface area contributed by atoms with Crippen LogP contribution in [0.4, 0.5) is 16.2 Å². The van der Waals surface area contributed by atoms with Crippen molar-refractivity contribution in [1.29, 1.82) is 0 Å². The van der Waals surface area contributed by atoms with Gasteiger partial charge in [-0.05, 0) is 42.3 Å². The van der Waals surface area contributed by atoms with Crippen LogP contribution in [0.15, 0.2) is 42.0 Å². The molecule has 0 atom stereocenters. The molecule has 1 aliphatic heterocycles. The van der Waals surface area contributed by atoms with E-state index in [-0.39, 0.29) is 11.3 Å². The van der Waals surface area contributed by atoms with E-state index in [1.165, 1.54) is 18.2 Å². The van der Waals surface area contributed by atoms with Gasteiger partial charge in [-0.25, -0.2) is 9.69 Å². The molecular weight excluding hydrogens is 390 g/mol. The molecular formula is C18H12ClN3O6. The summed E-state index contributed by atoms with van der Waals surface area (Å²) >= 11 is 6.05. The number of barbiturate groups is 1. The van der Waals surface area contributed by atoms with Gasteiger partial charge in [0.2, 0.25) is 0 Å². The van der Waals surface area contributed by atoms with Crippen LogP contribution in [0.25, 0.3) is 6.08 Å². The van der Waals surface area contributed by atoms with Gasteiger partial charge in [-0.2, -0.15) is 0 Å². The molecule has 2 N–H and O–H groups in total. The summed E-state index contributed by atoms with van der Waals surface area (Å²) in [5, 5.41) is 22.8. The number of phenolic OH excluding ortho intramolecular Hbond substituents is 1. The van der Waals surface area contributed by atoms with Crippen molar-refractivity contribution in [3.05, 3.63) is 68.2 Å². The van der Waals surface area contributed by atoms with Crippen LogP contribution in [0.3, 0.4) is 0 Å². The van der Waals surface area contributed by atoms with E-state index >= 15 is 0 Å². The number of amides is 4. The van der Waals surface area contributed by atoms with Crippen LogP contribution in [-0.4, -0.2) is 27.9 Å². The lowest BCUT2D eigenvalue weighted by atomic mass is 10.1. The minimum Gasteiger partial charge on any atom is -0.502 e. The van der Waals surface area contributed by atoms with E-state index in [0.717, 1.165) is 28.7 Å². The molecule has 1 aliphatic rings. The molecule has 0 aliphatic carbocycles. The fourth-order valence-electron chi connectivity index (χ4n) is 2.56.